The Morgan fingerprint density at radius 3 is 2.21 bits per heavy atom. The molecule has 2 amide bonds. The molecular weight excluding hydrogens is 511 g/mol. The Morgan fingerprint density at radius 2 is 1.76 bits per heavy atom. The summed E-state index contributed by atoms with van der Waals surface area (Å²) in [6.07, 6.45) is 1.01. The van der Waals surface area contributed by atoms with Gasteiger partial charge in [0.2, 0.25) is 5.91 Å². The van der Waals surface area contributed by atoms with Gasteiger partial charge in [-0.1, -0.05) is 26.1 Å². The predicted octanol–water partition coefficient (Wildman–Crippen LogP) is 5.60. The Hall–Kier alpha value is -1.49. The molecule has 9 nitrogen and oxygen atoms in total. The van der Waals surface area contributed by atoms with Gasteiger partial charge in [0.25, 0.3) is 0 Å². The van der Waals surface area contributed by atoms with Crippen LogP contribution in [0.2, 0.25) is 24.7 Å². The molecule has 33 heavy (non-hydrogen) atoms. The number of carbonyl (C=O) groups is 3. The minimum absolute atomic E-state index is 0.00310. The third kappa shape index (κ3) is 4.59. The number of rotatable bonds is 4. The summed E-state index contributed by atoms with van der Waals surface area (Å²) >= 11 is 16.9. The van der Waals surface area contributed by atoms with Gasteiger partial charge in [0.05, 0.1) is 32.5 Å². The molecule has 0 spiro atoms. The fraction of sp³-hybridized carbons (Fsp3) is 0.700. The van der Waals surface area contributed by atoms with Crippen LogP contribution in [0.25, 0.3) is 0 Å². The largest absolute Gasteiger partial charge is 0.448 e. The van der Waals surface area contributed by atoms with Crippen LogP contribution in [0, 0.1) is 0 Å². The zero-order chi connectivity index (χ0) is 25.0. The lowest BCUT2D eigenvalue weighted by atomic mass is 9.83. The van der Waals surface area contributed by atoms with E-state index >= 15 is 0 Å². The number of amides is 2. The minimum Gasteiger partial charge on any atom is -0.448 e. The van der Waals surface area contributed by atoms with Gasteiger partial charge in [-0.05, 0) is 68.4 Å². The topological polar surface area (TPSA) is 103 Å². The number of nitrogens with zero attached hydrogens (tertiary/aromatic N) is 3. The lowest BCUT2D eigenvalue weighted by Gasteiger charge is -2.48. The quantitative estimate of drug-likeness (QED) is 0.394. The maximum Gasteiger partial charge on any atom is 0.436 e. The number of hydrogen-bond acceptors (Lipinski definition) is 6. The maximum absolute atomic E-state index is 13.5. The molecule has 2 heterocycles. The molecule has 0 radical (unpaired) electrons. The van der Waals surface area contributed by atoms with E-state index in [9.17, 15) is 14.4 Å². The molecule has 1 aliphatic heterocycles. The van der Waals surface area contributed by atoms with Crippen molar-refractivity contribution in [2.75, 3.05) is 11.9 Å². The van der Waals surface area contributed by atoms with Crippen molar-refractivity contribution in [2.24, 2.45) is 0 Å². The molecular formula is C20H29Cl3N4O5Si. The number of carbonyl (C=O) groups excluding carboxylic acids is 3. The number of alkyl halides is 3. The molecule has 1 aromatic rings. The fourth-order valence-corrected chi connectivity index (χ4v) is 7.34. The average molecular weight is 540 g/mol. The standard InChI is InChI=1S/C20H29Cl3N4O5Si/c1-7-31-17(30)27-14(24-15(28)19(9-8-10-19)33(4,5)6)12-11-26(16(29)32-20(21,22)23)18(2,3)13(12)25-27/h7-11H2,1-6H3,(H,24,28). The maximum atomic E-state index is 13.5. The van der Waals surface area contributed by atoms with Crippen LogP contribution in [-0.4, -0.2) is 51.4 Å². The molecule has 0 saturated heterocycles. The van der Waals surface area contributed by atoms with E-state index in [4.69, 9.17) is 44.3 Å². The van der Waals surface area contributed by atoms with E-state index in [0.717, 1.165) is 23.9 Å². The summed E-state index contributed by atoms with van der Waals surface area (Å²) < 4.78 is 8.87. The van der Waals surface area contributed by atoms with E-state index in [0.29, 0.717) is 11.3 Å². The third-order valence-electron chi connectivity index (χ3n) is 6.73. The van der Waals surface area contributed by atoms with Gasteiger partial charge in [-0.2, -0.15) is 5.10 Å². The van der Waals surface area contributed by atoms with E-state index in [2.05, 4.69) is 30.1 Å². The Morgan fingerprint density at radius 1 is 1.15 bits per heavy atom. The van der Waals surface area contributed by atoms with E-state index in [-0.39, 0.29) is 24.9 Å². The van der Waals surface area contributed by atoms with Gasteiger partial charge >= 0.3 is 16.2 Å². The molecule has 184 valence electrons. The SMILES string of the molecule is CCOC(=O)n1nc2c(c1NC(=O)C1([Si](C)(C)C)CCC1)CN(C(=O)OC(Cl)(Cl)Cl)C2(C)C. The molecule has 1 saturated carbocycles. The number of fused-ring (bicyclic) bond motifs is 1. The highest BCUT2D eigenvalue weighted by atomic mass is 35.6. The van der Waals surface area contributed by atoms with Gasteiger partial charge in [-0.3, -0.25) is 9.69 Å². The van der Waals surface area contributed by atoms with Crippen LogP contribution in [0.3, 0.4) is 0 Å². The second kappa shape index (κ2) is 8.62. The fourth-order valence-electron chi connectivity index (χ4n) is 4.54. The van der Waals surface area contributed by atoms with Crippen molar-refractivity contribution in [1.82, 2.24) is 14.7 Å². The van der Waals surface area contributed by atoms with Crippen LogP contribution >= 0.6 is 34.8 Å². The highest BCUT2D eigenvalue weighted by Gasteiger charge is 2.54. The summed E-state index contributed by atoms with van der Waals surface area (Å²) in [5, 5.41) is 6.95. The van der Waals surface area contributed by atoms with Crippen molar-refractivity contribution >= 4 is 66.8 Å². The average Bonchev–Trinajstić information content (AvgIpc) is 3.06. The van der Waals surface area contributed by atoms with Gasteiger partial charge in [-0.15, -0.1) is 4.68 Å². The molecule has 0 bridgehead atoms. The summed E-state index contributed by atoms with van der Waals surface area (Å²) in [6, 6.07) is 0. The van der Waals surface area contributed by atoms with E-state index in [1.165, 1.54) is 4.90 Å². The van der Waals surface area contributed by atoms with Crippen molar-refractivity contribution < 1.29 is 23.9 Å². The summed E-state index contributed by atoms with van der Waals surface area (Å²) in [5.41, 5.74) is -0.0811. The molecule has 13 heteroatoms. The zero-order valence-corrected chi connectivity index (χ0v) is 22.8. The number of aromatic nitrogens is 2. The van der Waals surface area contributed by atoms with Gasteiger partial charge in [0.1, 0.15) is 5.82 Å². The summed E-state index contributed by atoms with van der Waals surface area (Å²) in [7, 11) is -1.88. The van der Waals surface area contributed by atoms with Crippen molar-refractivity contribution in [2.45, 2.75) is 80.8 Å². The van der Waals surface area contributed by atoms with Crippen LogP contribution in [0.4, 0.5) is 15.4 Å². The second-order valence-electron chi connectivity index (χ2n) is 9.89. The Kier molecular flexibility index (Phi) is 6.82. The molecule has 1 fully saturated rings. The van der Waals surface area contributed by atoms with Crippen LogP contribution in [-0.2, 0) is 26.4 Å². The second-order valence-corrected chi connectivity index (χ2v) is 17.5. The van der Waals surface area contributed by atoms with Gasteiger partial charge in [0, 0.05) is 10.6 Å². The summed E-state index contributed by atoms with van der Waals surface area (Å²) in [6.45, 7) is 11.8. The monoisotopic (exact) mass is 538 g/mol. The van der Waals surface area contributed by atoms with E-state index in [1.54, 1.807) is 20.8 Å². The first-order chi connectivity index (χ1) is 15.0. The molecule has 2 aliphatic rings. The lowest BCUT2D eigenvalue weighted by molar-refractivity contribution is -0.121. The molecule has 0 unspecified atom stereocenters. The molecule has 1 N–H and O–H groups in total. The number of nitrogens with one attached hydrogen (secondary N) is 1. The van der Waals surface area contributed by atoms with Gasteiger partial charge in [0.15, 0.2) is 0 Å². The van der Waals surface area contributed by atoms with E-state index < -0.39 is 34.8 Å². The first-order valence-corrected chi connectivity index (χ1v) is 15.4. The van der Waals surface area contributed by atoms with Gasteiger partial charge < -0.3 is 14.8 Å². The van der Waals surface area contributed by atoms with Crippen LogP contribution in [0.1, 0.15) is 51.3 Å². The molecule has 0 atom stereocenters. The third-order valence-corrected chi connectivity index (χ3v) is 10.6. The summed E-state index contributed by atoms with van der Waals surface area (Å²) in [5.74, 6) is 0.0523. The van der Waals surface area contributed by atoms with Crippen LogP contribution < -0.4 is 5.32 Å². The zero-order valence-electron chi connectivity index (χ0n) is 19.6. The molecule has 1 aliphatic carbocycles. The van der Waals surface area contributed by atoms with Crippen molar-refractivity contribution in [3.63, 3.8) is 0 Å². The van der Waals surface area contributed by atoms with E-state index in [1.807, 2.05) is 0 Å². The predicted molar refractivity (Wildman–Crippen MR) is 129 cm³/mol. The molecule has 1 aromatic heterocycles. The van der Waals surface area contributed by atoms with Crippen molar-refractivity contribution in [1.29, 1.82) is 0 Å². The van der Waals surface area contributed by atoms with Gasteiger partial charge in [-0.25, -0.2) is 9.59 Å². The van der Waals surface area contributed by atoms with Crippen molar-refractivity contribution in [3.8, 4) is 0 Å². The Balaban J connectivity index is 2.02. The first kappa shape index (κ1) is 26.1. The Labute approximate surface area is 209 Å². The number of anilines is 1. The van der Waals surface area contributed by atoms with Crippen LogP contribution in [0.5, 0.6) is 0 Å². The highest BCUT2D eigenvalue weighted by Crippen LogP contribution is 2.56. The normalized spacial score (nSPS) is 18.9. The number of hydrogen-bond donors (Lipinski definition) is 1. The van der Waals surface area contributed by atoms with Crippen LogP contribution in [0.15, 0.2) is 0 Å². The lowest BCUT2D eigenvalue weighted by Crippen LogP contribution is -2.52. The molecule has 3 rings (SSSR count). The highest BCUT2D eigenvalue weighted by molar-refractivity contribution is 6.83. The summed E-state index contributed by atoms with van der Waals surface area (Å²) in [4.78, 5) is 40.2. The number of halogens is 3. The first-order valence-electron chi connectivity index (χ1n) is 10.7. The Bertz CT molecular complexity index is 980. The van der Waals surface area contributed by atoms with Crippen molar-refractivity contribution in [3.05, 3.63) is 11.3 Å². The smallest absolute Gasteiger partial charge is 0.436 e. The number of ether oxygens (including phenoxy) is 2. The molecule has 0 aromatic carbocycles. The minimum atomic E-state index is -2.23.